The van der Waals surface area contributed by atoms with Crippen molar-refractivity contribution in [1.29, 1.82) is 5.26 Å². The fraction of sp³-hybridized carbons (Fsp3) is 0.333. The summed E-state index contributed by atoms with van der Waals surface area (Å²) in [4.78, 5) is 9.00. The van der Waals surface area contributed by atoms with Crippen LogP contribution in [0.5, 0.6) is 0 Å². The number of carbonyl (C=O) groups is 1. The van der Waals surface area contributed by atoms with Crippen molar-refractivity contribution in [2.45, 2.75) is 6.92 Å². The first-order chi connectivity index (χ1) is 5.04. The first-order valence-corrected chi connectivity index (χ1v) is 3.07. The van der Waals surface area contributed by atoms with E-state index in [9.17, 15) is 0 Å². The van der Waals surface area contributed by atoms with Crippen molar-refractivity contribution in [3.05, 3.63) is 11.1 Å². The van der Waals surface area contributed by atoms with Crippen molar-refractivity contribution < 1.29 is 9.90 Å². The predicted molar refractivity (Wildman–Crippen MR) is 41.9 cm³/mol. The molecule has 0 atom stereocenters. The highest BCUT2D eigenvalue weighted by atomic mass is 35.5. The third kappa shape index (κ3) is 27.7. The van der Waals surface area contributed by atoms with Crippen LogP contribution in [0.25, 0.3) is 0 Å². The molecular weight excluding hydrogens is 168 g/mol. The van der Waals surface area contributed by atoms with E-state index in [1.807, 2.05) is 0 Å². The molecule has 0 aromatic rings. The van der Waals surface area contributed by atoms with E-state index in [1.165, 1.54) is 6.08 Å². The Morgan fingerprint density at radius 1 is 1.91 bits per heavy atom. The summed E-state index contributed by atoms with van der Waals surface area (Å²) in [6, 6.07) is 1.71. The average Bonchev–Trinajstić information content (AvgIpc) is 1.87. The second kappa shape index (κ2) is 8.95. The maximum Gasteiger partial charge on any atom is 0.300 e. The highest BCUT2D eigenvalue weighted by Gasteiger charge is 1.79. The van der Waals surface area contributed by atoms with Crippen molar-refractivity contribution >= 4 is 17.6 Å². The molecule has 0 heterocycles. The molecule has 0 aromatic heterocycles. The summed E-state index contributed by atoms with van der Waals surface area (Å²) in [6.45, 7) is 1.41. The Morgan fingerprint density at radius 2 is 2.27 bits per heavy atom. The van der Waals surface area contributed by atoms with Crippen LogP contribution in [0.3, 0.4) is 0 Å². The zero-order valence-electron chi connectivity index (χ0n) is 6.04. The summed E-state index contributed by atoms with van der Waals surface area (Å²) in [6.07, 6.45) is 1.45. The van der Waals surface area contributed by atoms with Crippen LogP contribution in [0, 0.1) is 11.3 Å². The van der Waals surface area contributed by atoms with Gasteiger partial charge in [-0.25, -0.2) is 0 Å². The molecule has 0 unspecified atom stereocenters. The predicted octanol–water partition coefficient (Wildman–Crippen LogP) is 0.682. The van der Waals surface area contributed by atoms with Crippen LogP contribution >= 0.6 is 11.6 Å². The SMILES string of the molecule is CC(=O)O.N#CC(Cl)=CCN. The third-order valence-electron chi connectivity index (χ3n) is 0.404. The van der Waals surface area contributed by atoms with Gasteiger partial charge in [0, 0.05) is 13.5 Å². The zero-order chi connectivity index (χ0) is 9.28. The van der Waals surface area contributed by atoms with Crippen LogP contribution in [-0.4, -0.2) is 17.6 Å². The lowest BCUT2D eigenvalue weighted by atomic mass is 10.5. The minimum absolute atomic E-state index is 0.155. The molecule has 0 aromatic carbocycles. The van der Waals surface area contributed by atoms with Gasteiger partial charge in [0.2, 0.25) is 0 Å². The Kier molecular flexibility index (Phi) is 10.3. The van der Waals surface area contributed by atoms with E-state index in [4.69, 9.17) is 32.5 Å². The lowest BCUT2D eigenvalue weighted by molar-refractivity contribution is -0.134. The van der Waals surface area contributed by atoms with Crippen LogP contribution in [0.1, 0.15) is 6.92 Å². The maximum atomic E-state index is 9.00. The molecule has 0 aliphatic carbocycles. The number of carboxylic acids is 1. The fourth-order valence-electron chi connectivity index (χ4n) is 0.149. The topological polar surface area (TPSA) is 87.1 Å². The van der Waals surface area contributed by atoms with Gasteiger partial charge in [-0.05, 0) is 6.08 Å². The summed E-state index contributed by atoms with van der Waals surface area (Å²) >= 11 is 5.19. The van der Waals surface area contributed by atoms with Crippen molar-refractivity contribution in [1.82, 2.24) is 0 Å². The molecule has 0 saturated carbocycles. The minimum atomic E-state index is -0.833. The molecule has 4 nitrogen and oxygen atoms in total. The Bertz CT molecular complexity index is 180. The van der Waals surface area contributed by atoms with Gasteiger partial charge in [-0.3, -0.25) is 4.79 Å². The number of nitrogens with zero attached hydrogens (tertiary/aromatic N) is 1. The van der Waals surface area contributed by atoms with Crippen molar-refractivity contribution in [3.8, 4) is 6.07 Å². The van der Waals surface area contributed by atoms with Crippen molar-refractivity contribution in [2.75, 3.05) is 6.54 Å². The van der Waals surface area contributed by atoms with E-state index in [-0.39, 0.29) is 5.03 Å². The first-order valence-electron chi connectivity index (χ1n) is 2.70. The molecule has 0 aliphatic rings. The summed E-state index contributed by atoms with van der Waals surface area (Å²) in [5, 5.41) is 15.5. The molecule has 0 fully saturated rings. The van der Waals surface area contributed by atoms with Gasteiger partial charge in [0.05, 0.1) is 0 Å². The van der Waals surface area contributed by atoms with Crippen LogP contribution in [-0.2, 0) is 4.79 Å². The van der Waals surface area contributed by atoms with Gasteiger partial charge in [0.1, 0.15) is 11.1 Å². The zero-order valence-corrected chi connectivity index (χ0v) is 6.80. The van der Waals surface area contributed by atoms with Crippen LogP contribution < -0.4 is 5.73 Å². The summed E-state index contributed by atoms with van der Waals surface area (Å²) in [7, 11) is 0. The second-order valence-corrected chi connectivity index (χ2v) is 1.83. The number of nitriles is 1. The van der Waals surface area contributed by atoms with E-state index in [0.29, 0.717) is 6.54 Å². The molecule has 0 radical (unpaired) electrons. The van der Waals surface area contributed by atoms with Gasteiger partial charge in [-0.2, -0.15) is 5.26 Å². The molecule has 0 rings (SSSR count). The second-order valence-electron chi connectivity index (χ2n) is 1.42. The average molecular weight is 177 g/mol. The summed E-state index contributed by atoms with van der Waals surface area (Å²) in [5.74, 6) is -0.833. The molecule has 0 spiro atoms. The van der Waals surface area contributed by atoms with Gasteiger partial charge >= 0.3 is 0 Å². The summed E-state index contributed by atoms with van der Waals surface area (Å²) in [5.41, 5.74) is 4.99. The normalized spacial score (nSPS) is 9.09. The highest BCUT2D eigenvalue weighted by molar-refractivity contribution is 6.31. The lowest BCUT2D eigenvalue weighted by Gasteiger charge is -1.75. The van der Waals surface area contributed by atoms with Gasteiger partial charge in [-0.1, -0.05) is 11.6 Å². The number of carboxylic acid groups (broad SMARTS) is 1. The minimum Gasteiger partial charge on any atom is -0.481 e. The summed E-state index contributed by atoms with van der Waals surface area (Å²) < 4.78 is 0. The molecule has 62 valence electrons. The molecular formula is C6H9ClN2O2. The van der Waals surface area contributed by atoms with E-state index < -0.39 is 5.97 Å². The van der Waals surface area contributed by atoms with Crippen LogP contribution in [0.4, 0.5) is 0 Å². The molecule has 0 aliphatic heterocycles. The Morgan fingerprint density at radius 3 is 2.36 bits per heavy atom. The number of hydrogen-bond donors (Lipinski definition) is 2. The van der Waals surface area contributed by atoms with E-state index >= 15 is 0 Å². The molecule has 0 amide bonds. The van der Waals surface area contributed by atoms with Gasteiger partial charge in [0.15, 0.2) is 0 Å². The van der Waals surface area contributed by atoms with Crippen LogP contribution in [0.15, 0.2) is 11.1 Å². The molecule has 11 heavy (non-hydrogen) atoms. The molecule has 0 bridgehead atoms. The number of rotatable bonds is 1. The lowest BCUT2D eigenvalue weighted by Crippen LogP contribution is -1.92. The molecule has 3 N–H and O–H groups in total. The first kappa shape index (κ1) is 12.6. The van der Waals surface area contributed by atoms with E-state index in [1.54, 1.807) is 6.07 Å². The van der Waals surface area contributed by atoms with E-state index in [0.717, 1.165) is 6.92 Å². The highest BCUT2D eigenvalue weighted by Crippen LogP contribution is 1.94. The monoisotopic (exact) mass is 176 g/mol. The number of nitrogens with two attached hydrogens (primary N) is 1. The Balaban J connectivity index is 0. The third-order valence-corrected chi connectivity index (χ3v) is 0.643. The number of hydrogen-bond acceptors (Lipinski definition) is 3. The van der Waals surface area contributed by atoms with Crippen LogP contribution in [0.2, 0.25) is 0 Å². The number of aliphatic carboxylic acids is 1. The van der Waals surface area contributed by atoms with Crippen molar-refractivity contribution in [2.24, 2.45) is 5.73 Å². The molecule has 5 heteroatoms. The van der Waals surface area contributed by atoms with E-state index in [2.05, 4.69) is 0 Å². The van der Waals surface area contributed by atoms with Crippen molar-refractivity contribution in [3.63, 3.8) is 0 Å². The Labute approximate surface area is 69.9 Å². The molecule has 0 saturated heterocycles. The number of allylic oxidation sites excluding steroid dienone is 1. The smallest absolute Gasteiger partial charge is 0.300 e. The fourth-order valence-corrected chi connectivity index (χ4v) is 0.238. The van der Waals surface area contributed by atoms with Gasteiger partial charge < -0.3 is 10.8 Å². The number of halogens is 1. The van der Waals surface area contributed by atoms with Gasteiger partial charge in [0.25, 0.3) is 5.97 Å². The quantitative estimate of drug-likeness (QED) is 0.576. The Hall–Kier alpha value is -1.05. The van der Waals surface area contributed by atoms with Gasteiger partial charge in [-0.15, -0.1) is 0 Å². The standard InChI is InChI=1S/C4H5ClN2.C2H4O2/c5-4(3-7)1-2-6;1-2(3)4/h1H,2,6H2;1H3,(H,3,4). The maximum absolute atomic E-state index is 9.00. The largest absolute Gasteiger partial charge is 0.481 e.